The zero-order valence-corrected chi connectivity index (χ0v) is 18.1. The first-order valence-electron chi connectivity index (χ1n) is 9.53. The smallest absolute Gasteiger partial charge is 0.357 e. The molecule has 0 atom stereocenters. The van der Waals surface area contributed by atoms with Gasteiger partial charge in [-0.2, -0.15) is 0 Å². The number of aryl methyl sites for hydroxylation is 1. The van der Waals surface area contributed by atoms with Gasteiger partial charge in [-0.3, -0.25) is 0 Å². The quantitative estimate of drug-likeness (QED) is 0.342. The molecule has 0 aromatic carbocycles. The lowest BCUT2D eigenvalue weighted by atomic mass is 10.1. The molecule has 0 unspecified atom stereocenters. The van der Waals surface area contributed by atoms with Crippen molar-refractivity contribution in [3.8, 4) is 11.3 Å². The molecule has 7 heteroatoms. The third kappa shape index (κ3) is 6.00. The largest absolute Gasteiger partial charge is 0.464 e. The first-order valence-corrected chi connectivity index (χ1v) is 13.2. The summed E-state index contributed by atoms with van der Waals surface area (Å²) in [5, 5.41) is 0. The van der Waals surface area contributed by atoms with E-state index in [9.17, 15) is 4.79 Å². The lowest BCUT2D eigenvalue weighted by Crippen LogP contribution is -2.22. The summed E-state index contributed by atoms with van der Waals surface area (Å²) in [6, 6.07) is 4.80. The van der Waals surface area contributed by atoms with E-state index in [1.165, 1.54) is 7.11 Å². The van der Waals surface area contributed by atoms with Crippen molar-refractivity contribution in [3.63, 3.8) is 0 Å². The number of carbonyl (C=O) groups excluding carboxylic acids is 1. The molecule has 2 heterocycles. The molecule has 2 rings (SSSR count). The molecule has 0 bridgehead atoms. The van der Waals surface area contributed by atoms with Crippen molar-refractivity contribution in [2.24, 2.45) is 0 Å². The second kappa shape index (κ2) is 9.80. The number of ether oxygens (including phenoxy) is 2. The second-order valence-corrected chi connectivity index (χ2v) is 13.5. The Morgan fingerprint density at radius 3 is 2.70 bits per heavy atom. The van der Waals surface area contributed by atoms with Gasteiger partial charge in [0, 0.05) is 32.9 Å². The number of nitrogens with zero attached hydrogens (tertiary/aromatic N) is 3. The zero-order valence-electron chi connectivity index (χ0n) is 17.1. The Bertz CT molecular complexity index is 753. The summed E-state index contributed by atoms with van der Waals surface area (Å²) in [4.78, 5) is 20.9. The summed E-state index contributed by atoms with van der Waals surface area (Å²) in [6.07, 6.45) is 6.43. The maximum Gasteiger partial charge on any atom is 0.357 e. The van der Waals surface area contributed by atoms with Crippen LogP contribution in [0.5, 0.6) is 0 Å². The average Bonchev–Trinajstić information content (AvgIpc) is 3.04. The molecule has 0 aliphatic carbocycles. The number of methoxy groups -OCH3 is 1. The fraction of sp³-hybridized carbons (Fsp3) is 0.550. The lowest BCUT2D eigenvalue weighted by molar-refractivity contribution is 0.0594. The van der Waals surface area contributed by atoms with Crippen molar-refractivity contribution in [1.29, 1.82) is 0 Å². The third-order valence-corrected chi connectivity index (χ3v) is 6.08. The maximum atomic E-state index is 12.1. The second-order valence-electron chi connectivity index (χ2n) is 7.83. The number of aromatic nitrogens is 3. The summed E-state index contributed by atoms with van der Waals surface area (Å²) in [6.45, 7) is 10.3. The van der Waals surface area contributed by atoms with Crippen LogP contribution in [0, 0.1) is 0 Å². The molecule has 0 spiro atoms. The van der Waals surface area contributed by atoms with E-state index in [2.05, 4.69) is 41.1 Å². The van der Waals surface area contributed by atoms with Crippen molar-refractivity contribution in [3.05, 3.63) is 36.0 Å². The summed E-state index contributed by atoms with van der Waals surface area (Å²) >= 11 is 0. The summed E-state index contributed by atoms with van der Waals surface area (Å²) in [5.74, 6) is 0.521. The van der Waals surface area contributed by atoms with E-state index >= 15 is 0 Å². The van der Waals surface area contributed by atoms with Gasteiger partial charge < -0.3 is 14.0 Å². The van der Waals surface area contributed by atoms with Crippen LogP contribution < -0.4 is 0 Å². The fourth-order valence-corrected chi connectivity index (χ4v) is 3.47. The van der Waals surface area contributed by atoms with Gasteiger partial charge in [0.1, 0.15) is 12.6 Å². The molecule has 0 saturated carbocycles. The standard InChI is InChI=1S/C20H31N3O3Si/c1-6-7-10-18-22-14-17(23(18)15-26-12-13-27(3,4)5)16-9-8-11-21-19(16)20(24)25-2/h8-9,11,14H,6-7,10,12-13,15H2,1-5H3. The molecule has 0 fully saturated rings. The number of carbonyl (C=O) groups is 1. The Balaban J connectivity index is 2.31. The van der Waals surface area contributed by atoms with Gasteiger partial charge in [0.25, 0.3) is 0 Å². The highest BCUT2D eigenvalue weighted by Gasteiger charge is 2.20. The number of hydrogen-bond acceptors (Lipinski definition) is 5. The van der Waals surface area contributed by atoms with Gasteiger partial charge in [-0.05, 0) is 24.6 Å². The molecule has 0 saturated heterocycles. The maximum absolute atomic E-state index is 12.1. The summed E-state index contributed by atoms with van der Waals surface area (Å²) in [7, 11) is 0.224. The number of esters is 1. The Morgan fingerprint density at radius 2 is 2.04 bits per heavy atom. The fourth-order valence-electron chi connectivity index (χ4n) is 2.71. The van der Waals surface area contributed by atoms with Crippen LogP contribution in [0.1, 0.15) is 36.1 Å². The minimum absolute atomic E-state index is 0.297. The number of unbranched alkanes of at least 4 members (excludes halogenated alkanes) is 1. The monoisotopic (exact) mass is 389 g/mol. The van der Waals surface area contributed by atoms with Gasteiger partial charge in [-0.15, -0.1) is 0 Å². The minimum atomic E-state index is -1.14. The van der Waals surface area contributed by atoms with Crippen LogP contribution in [0.15, 0.2) is 24.5 Å². The molecular weight excluding hydrogens is 358 g/mol. The van der Waals surface area contributed by atoms with Gasteiger partial charge in [0.2, 0.25) is 0 Å². The van der Waals surface area contributed by atoms with E-state index in [0.29, 0.717) is 18.0 Å². The van der Waals surface area contributed by atoms with Gasteiger partial charge in [-0.1, -0.05) is 33.0 Å². The van der Waals surface area contributed by atoms with Crippen LogP contribution in [0.3, 0.4) is 0 Å². The van der Waals surface area contributed by atoms with Crippen LogP contribution in [0.2, 0.25) is 25.7 Å². The van der Waals surface area contributed by atoms with Crippen LogP contribution in [0.25, 0.3) is 11.3 Å². The van der Waals surface area contributed by atoms with E-state index < -0.39 is 14.0 Å². The van der Waals surface area contributed by atoms with E-state index in [-0.39, 0.29) is 0 Å². The van der Waals surface area contributed by atoms with Crippen molar-refractivity contribution in [2.45, 2.75) is 58.6 Å². The van der Waals surface area contributed by atoms with Gasteiger partial charge in [0.15, 0.2) is 5.69 Å². The molecule has 2 aromatic heterocycles. The highest BCUT2D eigenvalue weighted by Crippen LogP contribution is 2.25. The number of pyridine rings is 1. The molecule has 0 aliphatic rings. The highest BCUT2D eigenvalue weighted by molar-refractivity contribution is 6.76. The van der Waals surface area contributed by atoms with Gasteiger partial charge in [-0.25, -0.2) is 14.8 Å². The SMILES string of the molecule is CCCCc1ncc(-c2cccnc2C(=O)OC)n1COCC[Si](C)(C)C. The number of hydrogen-bond donors (Lipinski definition) is 0. The van der Waals surface area contributed by atoms with E-state index in [1.54, 1.807) is 12.4 Å². The predicted molar refractivity (Wildman–Crippen MR) is 110 cm³/mol. The predicted octanol–water partition coefficient (Wildman–Crippen LogP) is 4.39. The van der Waals surface area contributed by atoms with E-state index in [1.807, 2.05) is 12.1 Å². The third-order valence-electron chi connectivity index (χ3n) is 4.37. The van der Waals surface area contributed by atoms with Crippen molar-refractivity contribution in [2.75, 3.05) is 13.7 Å². The van der Waals surface area contributed by atoms with Crippen molar-refractivity contribution >= 4 is 14.0 Å². The van der Waals surface area contributed by atoms with Crippen LogP contribution in [-0.4, -0.2) is 42.3 Å². The Kier molecular flexibility index (Phi) is 7.74. The Hall–Kier alpha value is -1.99. The molecule has 0 radical (unpaired) electrons. The van der Waals surface area contributed by atoms with Crippen LogP contribution in [0.4, 0.5) is 0 Å². The Morgan fingerprint density at radius 1 is 1.26 bits per heavy atom. The molecule has 0 amide bonds. The molecule has 0 N–H and O–H groups in total. The molecule has 0 aliphatic heterocycles. The first-order chi connectivity index (χ1) is 12.9. The van der Waals surface area contributed by atoms with Crippen LogP contribution >= 0.6 is 0 Å². The molecule has 27 heavy (non-hydrogen) atoms. The van der Waals surface area contributed by atoms with Crippen LogP contribution in [-0.2, 0) is 22.6 Å². The topological polar surface area (TPSA) is 66.2 Å². The van der Waals surface area contributed by atoms with Crippen molar-refractivity contribution < 1.29 is 14.3 Å². The van der Waals surface area contributed by atoms with E-state index in [0.717, 1.165) is 43.4 Å². The number of rotatable bonds is 10. The normalized spacial score (nSPS) is 11.6. The van der Waals surface area contributed by atoms with Crippen molar-refractivity contribution in [1.82, 2.24) is 14.5 Å². The van der Waals surface area contributed by atoms with Gasteiger partial charge in [0.05, 0.1) is 19.0 Å². The average molecular weight is 390 g/mol. The minimum Gasteiger partial charge on any atom is -0.464 e. The number of imidazole rings is 1. The molecule has 2 aromatic rings. The zero-order chi connectivity index (χ0) is 19.9. The highest BCUT2D eigenvalue weighted by atomic mass is 28.3. The van der Waals surface area contributed by atoms with E-state index in [4.69, 9.17) is 9.47 Å². The molecular formula is C20H31N3O3Si. The summed E-state index contributed by atoms with van der Waals surface area (Å²) in [5.41, 5.74) is 1.85. The first kappa shape index (κ1) is 21.3. The summed E-state index contributed by atoms with van der Waals surface area (Å²) < 4.78 is 12.9. The van der Waals surface area contributed by atoms with Gasteiger partial charge >= 0.3 is 5.97 Å². The molecule has 6 nitrogen and oxygen atoms in total. The molecule has 148 valence electrons. The Labute approximate surface area is 162 Å². The lowest BCUT2D eigenvalue weighted by Gasteiger charge is -2.17.